The number of nitrogens with one attached hydrogen (secondary N) is 1. The number of carbonyl (C=O) groups excluding carboxylic acids is 1. The van der Waals surface area contributed by atoms with Crippen molar-refractivity contribution in [3.63, 3.8) is 0 Å². The molecular weight excluding hydrogens is 418 g/mol. The third-order valence-corrected chi connectivity index (χ3v) is 6.15. The van der Waals surface area contributed by atoms with Crippen molar-refractivity contribution in [2.24, 2.45) is 7.05 Å². The first-order valence-corrected chi connectivity index (χ1v) is 10.9. The Bertz CT molecular complexity index is 1370. The summed E-state index contributed by atoms with van der Waals surface area (Å²) in [5, 5.41) is 7.15. The molecule has 1 amide bonds. The van der Waals surface area contributed by atoms with Crippen molar-refractivity contribution >= 4 is 17.2 Å². The largest absolute Gasteiger partial charge is 0.497 e. The molecule has 168 valence electrons. The highest BCUT2D eigenvalue weighted by Crippen LogP contribution is 2.22. The zero-order valence-corrected chi connectivity index (χ0v) is 18.6. The predicted octanol–water partition coefficient (Wildman–Crippen LogP) is 2.85. The normalized spacial score (nSPS) is 13.6. The van der Waals surface area contributed by atoms with Gasteiger partial charge in [-0.3, -0.25) is 14.5 Å². The quantitative estimate of drug-likeness (QED) is 0.513. The Balaban J connectivity index is 1.45. The highest BCUT2D eigenvalue weighted by Gasteiger charge is 2.26. The lowest BCUT2D eigenvalue weighted by molar-refractivity contribution is 0.102. The van der Waals surface area contributed by atoms with Gasteiger partial charge in [0.15, 0.2) is 5.65 Å². The number of fused-ring (bicyclic) bond motifs is 2. The number of hydrogen-bond donors (Lipinski definition) is 1. The van der Waals surface area contributed by atoms with E-state index in [0.717, 1.165) is 30.8 Å². The lowest BCUT2D eigenvalue weighted by Gasteiger charge is -2.29. The van der Waals surface area contributed by atoms with Gasteiger partial charge in [0.1, 0.15) is 11.3 Å². The molecule has 0 bridgehead atoms. The maximum absolute atomic E-state index is 13.3. The fourth-order valence-electron chi connectivity index (χ4n) is 4.45. The number of nitrogens with zero attached hydrogens (tertiary/aromatic N) is 4. The summed E-state index contributed by atoms with van der Waals surface area (Å²) in [6.45, 7) is 2.18. The summed E-state index contributed by atoms with van der Waals surface area (Å²) >= 11 is 0. The average Bonchev–Trinajstić information content (AvgIpc) is 3.30. The molecule has 2 aromatic heterocycles. The summed E-state index contributed by atoms with van der Waals surface area (Å²) < 4.78 is 8.44. The first-order chi connectivity index (χ1) is 16.0. The van der Waals surface area contributed by atoms with Crippen molar-refractivity contribution in [2.75, 3.05) is 19.0 Å². The van der Waals surface area contributed by atoms with Crippen LogP contribution in [-0.4, -0.2) is 38.6 Å². The number of anilines is 1. The highest BCUT2D eigenvalue weighted by molar-refractivity contribution is 6.08. The zero-order chi connectivity index (χ0) is 22.9. The van der Waals surface area contributed by atoms with Crippen molar-refractivity contribution in [3.05, 3.63) is 93.5 Å². The molecule has 8 heteroatoms. The molecule has 0 spiro atoms. The molecular formula is C25H25N5O3. The van der Waals surface area contributed by atoms with Crippen LogP contribution in [0.15, 0.2) is 65.6 Å². The summed E-state index contributed by atoms with van der Waals surface area (Å²) in [5.74, 6) is 0.394. The molecule has 0 saturated heterocycles. The third kappa shape index (κ3) is 3.89. The van der Waals surface area contributed by atoms with Crippen LogP contribution in [0.1, 0.15) is 27.2 Å². The maximum atomic E-state index is 13.3. The second kappa shape index (κ2) is 8.55. The summed E-state index contributed by atoms with van der Waals surface area (Å²) in [6.07, 6.45) is 2.19. The molecule has 0 radical (unpaired) electrons. The lowest BCUT2D eigenvalue weighted by atomic mass is 10.1. The van der Waals surface area contributed by atoms with Crippen LogP contribution < -0.4 is 15.6 Å². The standard InChI is InChI=1S/C25H25N5O3/c1-28-22-12-13-29(15-17-6-4-3-5-7-17)16-21(22)25(32)30-24(28)20(14-26-30)23(31)27-18-8-10-19(33-2)11-9-18/h3-11,14H,12-13,15-16H2,1-2H3,(H,27,31). The molecule has 0 saturated carbocycles. The van der Waals surface area contributed by atoms with Crippen LogP contribution in [0.25, 0.3) is 5.65 Å². The van der Waals surface area contributed by atoms with Gasteiger partial charge >= 0.3 is 0 Å². The summed E-state index contributed by atoms with van der Waals surface area (Å²) in [7, 11) is 3.49. The Morgan fingerprint density at radius 1 is 1.12 bits per heavy atom. The summed E-state index contributed by atoms with van der Waals surface area (Å²) in [4.78, 5) is 28.6. The Morgan fingerprint density at radius 3 is 2.61 bits per heavy atom. The fraction of sp³-hybridized carbons (Fsp3) is 0.240. The number of carbonyl (C=O) groups is 1. The minimum atomic E-state index is -0.313. The number of methoxy groups -OCH3 is 1. The van der Waals surface area contributed by atoms with Gasteiger partial charge in [0.25, 0.3) is 11.5 Å². The number of rotatable bonds is 5. The van der Waals surface area contributed by atoms with Crippen LogP contribution >= 0.6 is 0 Å². The van der Waals surface area contributed by atoms with Crippen LogP contribution in [0.2, 0.25) is 0 Å². The van der Waals surface area contributed by atoms with E-state index in [-0.39, 0.29) is 11.5 Å². The van der Waals surface area contributed by atoms with Gasteiger partial charge in [-0.25, -0.2) is 0 Å². The van der Waals surface area contributed by atoms with E-state index in [0.29, 0.717) is 29.2 Å². The van der Waals surface area contributed by atoms with E-state index in [4.69, 9.17) is 4.74 Å². The zero-order valence-electron chi connectivity index (χ0n) is 18.6. The van der Waals surface area contributed by atoms with E-state index in [2.05, 4.69) is 27.4 Å². The smallest absolute Gasteiger partial charge is 0.279 e. The molecule has 8 nitrogen and oxygen atoms in total. The van der Waals surface area contributed by atoms with Crippen molar-refractivity contribution in [2.45, 2.75) is 19.5 Å². The Labute approximate surface area is 191 Å². The molecule has 3 heterocycles. The minimum Gasteiger partial charge on any atom is -0.497 e. The van der Waals surface area contributed by atoms with E-state index < -0.39 is 0 Å². The molecule has 1 N–H and O–H groups in total. The van der Waals surface area contributed by atoms with E-state index in [1.54, 1.807) is 31.4 Å². The average molecular weight is 444 g/mol. The second-order valence-electron chi connectivity index (χ2n) is 8.21. The summed E-state index contributed by atoms with van der Waals surface area (Å²) in [5.41, 5.74) is 4.24. The van der Waals surface area contributed by atoms with Gasteiger partial charge in [-0.15, -0.1) is 0 Å². The molecule has 33 heavy (non-hydrogen) atoms. The number of aryl methyl sites for hydroxylation is 1. The molecule has 4 aromatic rings. The topological polar surface area (TPSA) is 80.9 Å². The van der Waals surface area contributed by atoms with Crippen molar-refractivity contribution < 1.29 is 9.53 Å². The first kappa shape index (κ1) is 21.0. The number of benzene rings is 2. The SMILES string of the molecule is COc1ccc(NC(=O)c2cnn3c(=O)c4c(n(C)c23)CCN(Cc2ccccc2)C4)cc1. The van der Waals surface area contributed by atoms with Crippen molar-refractivity contribution in [1.29, 1.82) is 0 Å². The molecule has 5 rings (SSSR count). The van der Waals surface area contributed by atoms with E-state index >= 15 is 0 Å². The molecule has 0 fully saturated rings. The predicted molar refractivity (Wildman–Crippen MR) is 126 cm³/mol. The minimum absolute atomic E-state index is 0.167. The second-order valence-corrected chi connectivity index (χ2v) is 8.21. The van der Waals surface area contributed by atoms with Crippen LogP contribution in [0.4, 0.5) is 5.69 Å². The number of ether oxygens (including phenoxy) is 1. The first-order valence-electron chi connectivity index (χ1n) is 10.9. The van der Waals surface area contributed by atoms with Gasteiger partial charge in [-0.2, -0.15) is 9.61 Å². The number of aromatic nitrogens is 3. The van der Waals surface area contributed by atoms with Crippen LogP contribution in [0.5, 0.6) is 5.75 Å². The van der Waals surface area contributed by atoms with Gasteiger partial charge in [0, 0.05) is 44.5 Å². The van der Waals surface area contributed by atoms with Crippen LogP contribution in [0.3, 0.4) is 0 Å². The molecule has 2 aromatic carbocycles. The monoisotopic (exact) mass is 443 g/mol. The van der Waals surface area contributed by atoms with E-state index in [1.807, 2.05) is 29.8 Å². The molecule has 1 aliphatic rings. The van der Waals surface area contributed by atoms with Crippen molar-refractivity contribution in [3.8, 4) is 5.75 Å². The maximum Gasteiger partial charge on any atom is 0.279 e. The Kier molecular flexibility index (Phi) is 5.43. The van der Waals surface area contributed by atoms with E-state index in [1.165, 1.54) is 16.3 Å². The molecule has 1 aliphatic heterocycles. The van der Waals surface area contributed by atoms with Gasteiger partial charge in [-0.1, -0.05) is 30.3 Å². The van der Waals surface area contributed by atoms with Crippen molar-refractivity contribution in [1.82, 2.24) is 19.1 Å². The third-order valence-electron chi connectivity index (χ3n) is 6.15. The fourth-order valence-corrected chi connectivity index (χ4v) is 4.45. The number of hydrogen-bond acceptors (Lipinski definition) is 5. The molecule has 0 atom stereocenters. The lowest BCUT2D eigenvalue weighted by Crippen LogP contribution is -2.38. The highest BCUT2D eigenvalue weighted by atomic mass is 16.5. The van der Waals surface area contributed by atoms with Gasteiger partial charge in [0.2, 0.25) is 0 Å². The Hall–Kier alpha value is -3.91. The summed E-state index contributed by atoms with van der Waals surface area (Å²) in [6, 6.07) is 17.3. The van der Waals surface area contributed by atoms with Gasteiger partial charge in [0.05, 0.1) is 18.9 Å². The van der Waals surface area contributed by atoms with Crippen LogP contribution in [0, 0.1) is 0 Å². The van der Waals surface area contributed by atoms with Gasteiger partial charge in [-0.05, 0) is 29.8 Å². The van der Waals surface area contributed by atoms with E-state index in [9.17, 15) is 9.59 Å². The van der Waals surface area contributed by atoms with Gasteiger partial charge < -0.3 is 14.6 Å². The van der Waals surface area contributed by atoms with Crippen LogP contribution in [-0.2, 0) is 26.6 Å². The molecule has 0 unspecified atom stereocenters. The Morgan fingerprint density at radius 2 is 1.88 bits per heavy atom. The number of amides is 1. The molecule has 0 aliphatic carbocycles.